The molecule has 0 amide bonds. The molecule has 0 saturated carbocycles. The number of hydrogen-bond donors (Lipinski definition) is 0. The first-order chi connectivity index (χ1) is 73.4. The summed E-state index contributed by atoms with van der Waals surface area (Å²) in [6, 6.07) is 182. The molecule has 32 rings (SSSR count). The molecule has 0 aliphatic heterocycles. The minimum atomic E-state index is 0.693. The van der Waals surface area contributed by atoms with Crippen molar-refractivity contribution < 1.29 is 0 Å². The predicted octanol–water partition coefficient (Wildman–Crippen LogP) is 34.8. The van der Waals surface area contributed by atoms with Gasteiger partial charge in [0.05, 0.1) is 82.8 Å². The summed E-state index contributed by atoms with van der Waals surface area (Å²) in [5.74, 6) is 4.72. The standard InChI is InChI=1S/C48H30N4.C46H28N4.C42H26N4/c1-2-12-31(13-3-1)32-22-25-36(26-23-32)51-43-20-10-7-16-37(43)39-27-24-35(30-45(39)51)47-49-42-19-9-6-18-40(42)48(50-47)52-44-21-11-8-17-38(44)41-28-33-14-4-5-15-34(33)29-46(41)52;1-2-12-30-25-34(23-21-29(30)11-1)49-41-19-9-6-15-35(41)37-24-22-33(28-43(37)49)45-47-40-18-8-5-17-38(40)46(48-45)50-42-20-10-7-16-36(42)39-26-31-13-3-4-14-32(31)27-44(39)50;1-2-14-30(15-3-1)45-37-20-10-7-16-31(37)33-23-22-29(26-39(33)45)41-43-36-19-9-6-18-34(36)42(44-41)46-38-21-11-8-17-32(38)35-24-27-12-4-5-13-28(27)25-40(35)46/h1-30H;1-28H;1-26H. The molecule has 0 atom stereocenters. The van der Waals surface area contributed by atoms with Crippen molar-refractivity contribution in [2.75, 3.05) is 0 Å². The Kier molecular flexibility index (Phi) is 19.1. The molecule has 688 valence electrons. The lowest BCUT2D eigenvalue weighted by Crippen LogP contribution is -2.03. The maximum atomic E-state index is 5.44. The first kappa shape index (κ1) is 83.7. The maximum Gasteiger partial charge on any atom is 0.162 e. The molecular formula is C136H84N12. The highest BCUT2D eigenvalue weighted by molar-refractivity contribution is 6.20. The minimum absolute atomic E-state index is 0.693. The average Bonchev–Trinajstić information content (AvgIpc) is 1.57. The Morgan fingerprint density at radius 3 is 0.696 bits per heavy atom. The van der Waals surface area contributed by atoms with Crippen molar-refractivity contribution in [3.05, 3.63) is 510 Å². The Balaban J connectivity index is 0.000000103. The van der Waals surface area contributed by atoms with Crippen molar-refractivity contribution in [2.45, 2.75) is 0 Å². The Bertz CT molecular complexity index is 11100. The van der Waals surface area contributed by atoms with Gasteiger partial charge in [-0.1, -0.05) is 346 Å². The molecule has 0 aliphatic rings. The van der Waals surface area contributed by atoms with E-state index in [4.69, 9.17) is 29.9 Å². The molecule has 0 fully saturated rings. The topological polar surface area (TPSA) is 107 Å². The summed E-state index contributed by atoms with van der Waals surface area (Å²) >= 11 is 0. The van der Waals surface area contributed by atoms with E-state index in [2.05, 4.69) is 537 Å². The average molecular weight is 1890 g/mol. The van der Waals surface area contributed by atoms with Crippen LogP contribution in [0.25, 0.3) is 286 Å². The Morgan fingerprint density at radius 2 is 0.345 bits per heavy atom. The molecule has 0 bridgehead atoms. The zero-order chi connectivity index (χ0) is 97.1. The zero-order valence-electron chi connectivity index (χ0n) is 79.9. The van der Waals surface area contributed by atoms with Crippen LogP contribution in [-0.4, -0.2) is 57.3 Å². The van der Waals surface area contributed by atoms with Crippen molar-refractivity contribution in [3.63, 3.8) is 0 Å². The lowest BCUT2D eigenvalue weighted by Gasteiger charge is -2.13. The summed E-state index contributed by atoms with van der Waals surface area (Å²) in [5, 5.41) is 27.3. The van der Waals surface area contributed by atoms with E-state index in [-0.39, 0.29) is 0 Å². The molecule has 0 aliphatic carbocycles. The van der Waals surface area contributed by atoms with E-state index in [1.165, 1.54) is 135 Å². The first-order valence-electron chi connectivity index (χ1n) is 50.3. The number of fused-ring (bicyclic) bond motifs is 25. The third-order valence-corrected chi connectivity index (χ3v) is 30.0. The number of rotatable bonds is 10. The van der Waals surface area contributed by atoms with E-state index in [0.29, 0.717) is 17.5 Å². The van der Waals surface area contributed by atoms with Crippen molar-refractivity contribution >= 4 is 207 Å². The molecule has 148 heavy (non-hydrogen) atoms. The first-order valence-corrected chi connectivity index (χ1v) is 50.3. The highest BCUT2D eigenvalue weighted by atomic mass is 15.1. The van der Waals surface area contributed by atoms with Gasteiger partial charge in [-0.15, -0.1) is 0 Å². The van der Waals surface area contributed by atoms with Crippen LogP contribution >= 0.6 is 0 Å². The minimum Gasteiger partial charge on any atom is -0.309 e. The van der Waals surface area contributed by atoms with Crippen LogP contribution in [0.1, 0.15) is 0 Å². The molecule has 9 heterocycles. The fraction of sp³-hybridized carbons (Fsp3) is 0. The van der Waals surface area contributed by atoms with Gasteiger partial charge in [-0.3, -0.25) is 13.7 Å². The lowest BCUT2D eigenvalue weighted by atomic mass is 10.1. The molecule has 12 nitrogen and oxygen atoms in total. The van der Waals surface area contributed by atoms with Gasteiger partial charge in [0.25, 0.3) is 0 Å². The number of nitrogens with zero attached hydrogens (tertiary/aromatic N) is 12. The largest absolute Gasteiger partial charge is 0.309 e. The van der Waals surface area contributed by atoms with Gasteiger partial charge in [0, 0.05) is 115 Å². The summed E-state index contributed by atoms with van der Waals surface area (Å²) in [4.78, 5) is 31.8. The van der Waals surface area contributed by atoms with Crippen LogP contribution in [0.15, 0.2) is 510 Å². The van der Waals surface area contributed by atoms with Crippen LogP contribution in [0.5, 0.6) is 0 Å². The van der Waals surface area contributed by atoms with E-state index in [1.54, 1.807) is 0 Å². The Hall–Kier alpha value is -20.1. The summed E-state index contributed by atoms with van der Waals surface area (Å²) < 4.78 is 14.1. The molecule has 32 aromatic rings. The van der Waals surface area contributed by atoms with Crippen LogP contribution in [0.2, 0.25) is 0 Å². The molecule has 12 heteroatoms. The second-order valence-corrected chi connectivity index (χ2v) is 38.4. The van der Waals surface area contributed by atoms with Gasteiger partial charge >= 0.3 is 0 Å². The van der Waals surface area contributed by atoms with E-state index in [9.17, 15) is 0 Å². The molecule has 0 unspecified atom stereocenters. The smallest absolute Gasteiger partial charge is 0.162 e. The number of aromatic nitrogens is 12. The van der Waals surface area contributed by atoms with Crippen LogP contribution in [0.4, 0.5) is 0 Å². The van der Waals surface area contributed by atoms with Crippen molar-refractivity contribution in [1.82, 2.24) is 57.3 Å². The fourth-order valence-corrected chi connectivity index (χ4v) is 23.2. The van der Waals surface area contributed by atoms with Crippen molar-refractivity contribution in [1.29, 1.82) is 0 Å². The molecule has 0 radical (unpaired) electrons. The summed E-state index contributed by atoms with van der Waals surface area (Å²) in [7, 11) is 0. The molecular weight excluding hydrogens is 1800 g/mol. The van der Waals surface area contributed by atoms with Crippen molar-refractivity contribution in [2.24, 2.45) is 0 Å². The van der Waals surface area contributed by atoms with Crippen LogP contribution in [0.3, 0.4) is 0 Å². The van der Waals surface area contributed by atoms with Crippen LogP contribution in [0, 0.1) is 0 Å². The second kappa shape index (κ2) is 33.8. The summed E-state index contributed by atoms with van der Waals surface area (Å²) in [6.45, 7) is 0. The van der Waals surface area contributed by atoms with E-state index in [0.717, 1.165) is 134 Å². The van der Waals surface area contributed by atoms with Crippen molar-refractivity contribution in [3.8, 4) is 79.8 Å². The molecule has 23 aromatic carbocycles. The fourth-order valence-electron chi connectivity index (χ4n) is 23.2. The number of hydrogen-bond acceptors (Lipinski definition) is 6. The predicted molar refractivity (Wildman–Crippen MR) is 616 cm³/mol. The van der Waals surface area contributed by atoms with Gasteiger partial charge in [-0.25, -0.2) is 29.9 Å². The molecule has 0 saturated heterocycles. The lowest BCUT2D eigenvalue weighted by molar-refractivity contribution is 1.08. The zero-order valence-corrected chi connectivity index (χ0v) is 79.9. The van der Waals surface area contributed by atoms with Crippen LogP contribution in [-0.2, 0) is 0 Å². The molecule has 0 N–H and O–H groups in total. The Labute approximate surface area is 847 Å². The van der Waals surface area contributed by atoms with E-state index < -0.39 is 0 Å². The quantitative estimate of drug-likeness (QED) is 0.135. The normalized spacial score (nSPS) is 11.9. The monoisotopic (exact) mass is 1880 g/mol. The van der Waals surface area contributed by atoms with Gasteiger partial charge in [-0.2, -0.15) is 0 Å². The number of benzene rings is 23. The van der Waals surface area contributed by atoms with E-state index in [1.807, 2.05) is 0 Å². The van der Waals surface area contributed by atoms with Crippen LogP contribution < -0.4 is 0 Å². The molecule has 0 spiro atoms. The summed E-state index contributed by atoms with van der Waals surface area (Å²) in [5.41, 5.74) is 25.1. The van der Waals surface area contributed by atoms with Gasteiger partial charge in [0.2, 0.25) is 0 Å². The van der Waals surface area contributed by atoms with Gasteiger partial charge < -0.3 is 13.7 Å². The van der Waals surface area contributed by atoms with Gasteiger partial charge in [0.1, 0.15) is 17.5 Å². The van der Waals surface area contributed by atoms with Gasteiger partial charge in [0.15, 0.2) is 17.5 Å². The number of para-hydroxylation sites is 10. The SMILES string of the molecule is c1ccc(-c2ccc(-n3c4ccccc4c4ccc(-c5nc(-n6c7ccccc7c7cc8ccccc8cc76)c6ccccc6n5)cc43)cc2)cc1.c1ccc(-n2c3ccccc3c3ccc(-c4nc(-n5c6ccccc6c6cc7ccccc7cc65)c5ccccc5n4)cc32)cc1.c1ccc2cc(-n3c4ccccc4c4ccc(-c5nc(-n6c7ccccc7c7cc8ccccc8cc76)c6ccccc6n5)cc43)ccc2c1. The van der Waals surface area contributed by atoms with Gasteiger partial charge in [-0.05, 0) is 218 Å². The third kappa shape index (κ3) is 13.5. The second-order valence-electron chi connectivity index (χ2n) is 38.4. The van der Waals surface area contributed by atoms with E-state index >= 15 is 0 Å². The summed E-state index contributed by atoms with van der Waals surface area (Å²) in [6.07, 6.45) is 0. The highest BCUT2D eigenvalue weighted by Crippen LogP contribution is 2.46. The third-order valence-electron chi connectivity index (χ3n) is 30.0. The maximum absolute atomic E-state index is 5.44. The molecule has 9 aromatic heterocycles. The Morgan fingerprint density at radius 1 is 0.115 bits per heavy atom. The highest BCUT2D eigenvalue weighted by Gasteiger charge is 2.27.